The van der Waals surface area contributed by atoms with E-state index in [1.807, 2.05) is 12.3 Å². The molecule has 1 rings (SSSR count). The third-order valence-corrected chi connectivity index (χ3v) is 3.05. The molecule has 1 atom stereocenters. The van der Waals surface area contributed by atoms with Crippen molar-refractivity contribution in [1.29, 1.82) is 0 Å². The Morgan fingerprint density at radius 2 is 2.18 bits per heavy atom. The molecule has 0 amide bonds. The first-order valence-electron chi connectivity index (χ1n) is 6.34. The van der Waals surface area contributed by atoms with Crippen molar-refractivity contribution in [3.8, 4) is 0 Å². The predicted octanol–water partition coefficient (Wildman–Crippen LogP) is 2.40. The van der Waals surface area contributed by atoms with Gasteiger partial charge in [0.25, 0.3) is 0 Å². The molecule has 1 heterocycles. The second kappa shape index (κ2) is 7.41. The van der Waals surface area contributed by atoms with Gasteiger partial charge in [-0.15, -0.1) is 0 Å². The van der Waals surface area contributed by atoms with E-state index in [-0.39, 0.29) is 0 Å². The van der Waals surface area contributed by atoms with Gasteiger partial charge in [-0.1, -0.05) is 26.8 Å². The quantitative estimate of drug-likeness (QED) is 0.789. The maximum atomic E-state index is 5.23. The van der Waals surface area contributed by atoms with E-state index in [0.717, 1.165) is 25.3 Å². The highest BCUT2D eigenvalue weighted by Crippen LogP contribution is 2.08. The molecule has 0 saturated carbocycles. The van der Waals surface area contributed by atoms with Gasteiger partial charge in [-0.2, -0.15) is 0 Å². The van der Waals surface area contributed by atoms with Gasteiger partial charge in [0.2, 0.25) is 0 Å². The molecular weight excluding hydrogens is 212 g/mol. The lowest BCUT2D eigenvalue weighted by Gasteiger charge is -2.21. The summed E-state index contributed by atoms with van der Waals surface area (Å²) in [7, 11) is 1.75. The maximum absolute atomic E-state index is 5.23. The Hall–Kier alpha value is -0.930. The highest BCUT2D eigenvalue weighted by molar-refractivity contribution is 5.19. The Morgan fingerprint density at radius 3 is 2.76 bits per heavy atom. The number of nitrogens with zero attached hydrogens (tertiary/aromatic N) is 1. The molecule has 3 heteroatoms. The van der Waals surface area contributed by atoms with Crippen LogP contribution in [0, 0.1) is 5.92 Å². The van der Waals surface area contributed by atoms with Crippen LogP contribution in [0.2, 0.25) is 0 Å². The average Bonchev–Trinajstić information content (AvgIpc) is 2.34. The lowest BCUT2D eigenvalue weighted by Crippen LogP contribution is -2.37. The van der Waals surface area contributed by atoms with Crippen LogP contribution in [0.1, 0.15) is 32.0 Å². The number of aryl methyl sites for hydroxylation is 1. The normalized spacial score (nSPS) is 13.0. The molecule has 0 aliphatic heterocycles. The Morgan fingerprint density at radius 1 is 1.41 bits per heavy atom. The van der Waals surface area contributed by atoms with Gasteiger partial charge >= 0.3 is 0 Å². The molecular formula is C14H24N2O. The number of methoxy groups -OCH3 is 1. The smallest absolute Gasteiger partial charge is 0.0618 e. The van der Waals surface area contributed by atoms with Crippen molar-refractivity contribution in [3.05, 3.63) is 29.6 Å². The number of aromatic nitrogens is 1. The lowest BCUT2D eigenvalue weighted by molar-refractivity contribution is 0.146. The molecule has 96 valence electrons. The molecule has 1 unspecified atom stereocenters. The fraction of sp³-hybridized carbons (Fsp3) is 0.643. The van der Waals surface area contributed by atoms with Crippen molar-refractivity contribution in [2.24, 2.45) is 5.92 Å². The zero-order chi connectivity index (χ0) is 12.7. The Kier molecular flexibility index (Phi) is 6.16. The van der Waals surface area contributed by atoms with E-state index < -0.39 is 0 Å². The summed E-state index contributed by atoms with van der Waals surface area (Å²) < 4.78 is 5.23. The van der Waals surface area contributed by atoms with Crippen molar-refractivity contribution in [2.45, 2.75) is 39.8 Å². The van der Waals surface area contributed by atoms with Crippen molar-refractivity contribution in [1.82, 2.24) is 10.3 Å². The summed E-state index contributed by atoms with van der Waals surface area (Å²) in [5.41, 5.74) is 2.47. The van der Waals surface area contributed by atoms with Crippen LogP contribution in [0.25, 0.3) is 0 Å². The van der Waals surface area contributed by atoms with E-state index in [0.29, 0.717) is 12.0 Å². The zero-order valence-electron chi connectivity index (χ0n) is 11.4. The molecule has 1 N–H and O–H groups in total. The predicted molar refractivity (Wildman–Crippen MR) is 71.0 cm³/mol. The Labute approximate surface area is 105 Å². The Bertz CT molecular complexity index is 326. The van der Waals surface area contributed by atoms with E-state index in [9.17, 15) is 0 Å². The molecule has 0 spiro atoms. The van der Waals surface area contributed by atoms with Gasteiger partial charge in [-0.25, -0.2) is 0 Å². The SMILES string of the molecule is CCc1cccnc1CNC(COC)C(C)C. The number of pyridine rings is 1. The van der Waals surface area contributed by atoms with E-state index in [4.69, 9.17) is 4.74 Å². The van der Waals surface area contributed by atoms with E-state index in [1.165, 1.54) is 5.56 Å². The fourth-order valence-corrected chi connectivity index (χ4v) is 1.85. The largest absolute Gasteiger partial charge is 0.383 e. The first kappa shape index (κ1) is 14.1. The van der Waals surface area contributed by atoms with E-state index >= 15 is 0 Å². The molecule has 0 aliphatic rings. The minimum absolute atomic E-state index is 0.381. The van der Waals surface area contributed by atoms with Crippen LogP contribution in [0.5, 0.6) is 0 Å². The molecule has 0 aromatic carbocycles. The summed E-state index contributed by atoms with van der Waals surface area (Å²) in [5.74, 6) is 0.559. The third kappa shape index (κ3) is 4.44. The number of ether oxygens (including phenoxy) is 1. The summed E-state index contributed by atoms with van der Waals surface area (Å²) in [6, 6.07) is 4.52. The van der Waals surface area contributed by atoms with Crippen LogP contribution in [-0.4, -0.2) is 24.7 Å². The van der Waals surface area contributed by atoms with E-state index in [2.05, 4.69) is 37.1 Å². The molecule has 0 aliphatic carbocycles. The first-order valence-corrected chi connectivity index (χ1v) is 6.34. The van der Waals surface area contributed by atoms with Gasteiger partial charge in [-0.3, -0.25) is 4.98 Å². The first-order chi connectivity index (χ1) is 8.19. The fourth-order valence-electron chi connectivity index (χ4n) is 1.85. The number of hydrogen-bond acceptors (Lipinski definition) is 3. The standard InChI is InChI=1S/C14H24N2O/c1-5-12-7-6-8-15-13(12)9-16-14(10-17-4)11(2)3/h6-8,11,14,16H,5,9-10H2,1-4H3. The maximum Gasteiger partial charge on any atom is 0.0618 e. The van der Waals surface area contributed by atoms with Crippen LogP contribution >= 0.6 is 0 Å². The minimum Gasteiger partial charge on any atom is -0.383 e. The third-order valence-electron chi connectivity index (χ3n) is 3.05. The molecule has 1 aromatic heterocycles. The van der Waals surface area contributed by atoms with Crippen molar-refractivity contribution in [2.75, 3.05) is 13.7 Å². The molecule has 3 nitrogen and oxygen atoms in total. The van der Waals surface area contributed by atoms with Gasteiger partial charge in [-0.05, 0) is 24.0 Å². The highest BCUT2D eigenvalue weighted by Gasteiger charge is 2.13. The second-order valence-electron chi connectivity index (χ2n) is 4.65. The molecule has 0 fully saturated rings. The summed E-state index contributed by atoms with van der Waals surface area (Å²) in [6.07, 6.45) is 2.89. The van der Waals surface area contributed by atoms with Crippen molar-refractivity contribution >= 4 is 0 Å². The summed E-state index contributed by atoms with van der Waals surface area (Å²) >= 11 is 0. The molecule has 17 heavy (non-hydrogen) atoms. The van der Waals surface area contributed by atoms with Gasteiger partial charge in [0.1, 0.15) is 0 Å². The highest BCUT2D eigenvalue weighted by atomic mass is 16.5. The van der Waals surface area contributed by atoms with Crippen molar-refractivity contribution in [3.63, 3.8) is 0 Å². The summed E-state index contributed by atoms with van der Waals surface area (Å²) in [6.45, 7) is 8.13. The summed E-state index contributed by atoms with van der Waals surface area (Å²) in [4.78, 5) is 4.44. The molecule has 0 bridgehead atoms. The van der Waals surface area contributed by atoms with Crippen LogP contribution in [0.4, 0.5) is 0 Å². The monoisotopic (exact) mass is 236 g/mol. The zero-order valence-corrected chi connectivity index (χ0v) is 11.4. The number of hydrogen-bond donors (Lipinski definition) is 1. The summed E-state index contributed by atoms with van der Waals surface area (Å²) in [5, 5.41) is 3.52. The number of rotatable bonds is 7. The van der Waals surface area contributed by atoms with Gasteiger partial charge in [0.05, 0.1) is 12.3 Å². The second-order valence-corrected chi connectivity index (χ2v) is 4.65. The van der Waals surface area contributed by atoms with Crippen LogP contribution in [0.3, 0.4) is 0 Å². The lowest BCUT2D eigenvalue weighted by atomic mass is 10.0. The molecule has 0 radical (unpaired) electrons. The van der Waals surface area contributed by atoms with Crippen molar-refractivity contribution < 1.29 is 4.74 Å². The van der Waals surface area contributed by atoms with Gasteiger partial charge in [0, 0.05) is 25.9 Å². The number of nitrogens with one attached hydrogen (secondary N) is 1. The van der Waals surface area contributed by atoms with Crippen LogP contribution < -0.4 is 5.32 Å². The van der Waals surface area contributed by atoms with Gasteiger partial charge in [0.15, 0.2) is 0 Å². The molecule has 1 aromatic rings. The topological polar surface area (TPSA) is 34.2 Å². The van der Waals surface area contributed by atoms with Crippen LogP contribution in [-0.2, 0) is 17.7 Å². The minimum atomic E-state index is 0.381. The molecule has 0 saturated heterocycles. The van der Waals surface area contributed by atoms with E-state index in [1.54, 1.807) is 7.11 Å². The Balaban J connectivity index is 2.58. The van der Waals surface area contributed by atoms with Gasteiger partial charge < -0.3 is 10.1 Å². The average molecular weight is 236 g/mol. The van der Waals surface area contributed by atoms with Crippen LogP contribution in [0.15, 0.2) is 18.3 Å².